The van der Waals surface area contributed by atoms with E-state index >= 15 is 0 Å². The number of hydrogen-bond donors (Lipinski definition) is 0. The van der Waals surface area contributed by atoms with Crippen molar-refractivity contribution in [2.45, 2.75) is 13.3 Å². The number of nitrogens with zero attached hydrogens (tertiary/aromatic N) is 1. The molecule has 0 atom stereocenters. The highest BCUT2D eigenvalue weighted by atomic mass is 19.1. The number of hydrogen-bond acceptors (Lipinski definition) is 3. The van der Waals surface area contributed by atoms with Gasteiger partial charge in [-0.2, -0.15) is 0 Å². The minimum absolute atomic E-state index is 0.107. The summed E-state index contributed by atoms with van der Waals surface area (Å²) in [6.45, 7) is 1.32. The van der Waals surface area contributed by atoms with Crippen LogP contribution in [0.25, 0.3) is 0 Å². The Morgan fingerprint density at radius 2 is 2.08 bits per heavy atom. The quantitative estimate of drug-likeness (QED) is 0.590. The number of amides is 1. The van der Waals surface area contributed by atoms with Crippen molar-refractivity contribution in [3.05, 3.63) is 0 Å². The number of rotatable bonds is 5. The molecule has 0 unspecified atom stereocenters. The van der Waals surface area contributed by atoms with Gasteiger partial charge in [-0.25, -0.2) is 4.39 Å². The van der Waals surface area contributed by atoms with Gasteiger partial charge in [0.25, 0.3) is 5.91 Å². The molecule has 0 saturated heterocycles. The Kier molecular flexibility index (Phi) is 5.84. The Morgan fingerprint density at radius 3 is 2.46 bits per heavy atom. The molecule has 0 aliphatic rings. The van der Waals surface area contributed by atoms with Crippen LogP contribution in [0.1, 0.15) is 13.3 Å². The third-order valence-electron chi connectivity index (χ3n) is 1.66. The lowest BCUT2D eigenvalue weighted by atomic mass is 10.3. The molecule has 1 amide bonds. The Morgan fingerprint density at radius 1 is 1.46 bits per heavy atom. The molecule has 0 heterocycles. The molecule has 0 aromatic carbocycles. The Labute approximate surface area is 76.7 Å². The van der Waals surface area contributed by atoms with E-state index in [0.29, 0.717) is 6.54 Å². The van der Waals surface area contributed by atoms with E-state index in [9.17, 15) is 14.0 Å². The van der Waals surface area contributed by atoms with Gasteiger partial charge in [-0.15, -0.1) is 0 Å². The number of alkyl halides is 1. The van der Waals surface area contributed by atoms with Crippen LogP contribution in [0.2, 0.25) is 0 Å². The molecule has 0 aliphatic heterocycles. The number of ether oxygens (including phenoxy) is 1. The van der Waals surface area contributed by atoms with Crippen LogP contribution in [0, 0.1) is 0 Å². The normalized spacial score (nSPS) is 9.46. The summed E-state index contributed by atoms with van der Waals surface area (Å²) in [5.41, 5.74) is 0. The average molecular weight is 191 g/mol. The number of carbonyl (C=O) groups excluding carboxylic acids is 2. The molecule has 0 bridgehead atoms. The van der Waals surface area contributed by atoms with Crippen molar-refractivity contribution in [1.82, 2.24) is 4.90 Å². The van der Waals surface area contributed by atoms with Crippen LogP contribution in [0.5, 0.6) is 0 Å². The molecule has 5 heteroatoms. The van der Waals surface area contributed by atoms with E-state index in [-0.39, 0.29) is 13.0 Å². The molecule has 0 saturated carbocycles. The van der Waals surface area contributed by atoms with E-state index < -0.39 is 18.6 Å². The van der Waals surface area contributed by atoms with Crippen LogP contribution >= 0.6 is 0 Å². The summed E-state index contributed by atoms with van der Waals surface area (Å²) in [6, 6.07) is 0. The van der Waals surface area contributed by atoms with Crippen molar-refractivity contribution in [2.24, 2.45) is 0 Å². The second kappa shape index (κ2) is 6.39. The van der Waals surface area contributed by atoms with Crippen LogP contribution in [0.3, 0.4) is 0 Å². The van der Waals surface area contributed by atoms with E-state index in [1.54, 1.807) is 6.92 Å². The first-order valence-corrected chi connectivity index (χ1v) is 4.06. The van der Waals surface area contributed by atoms with Crippen molar-refractivity contribution in [3.8, 4) is 0 Å². The lowest BCUT2D eigenvalue weighted by molar-refractivity contribution is -0.141. The van der Waals surface area contributed by atoms with E-state index in [2.05, 4.69) is 4.74 Å². The maximum absolute atomic E-state index is 11.9. The average Bonchev–Trinajstić information content (AvgIpc) is 2.17. The van der Waals surface area contributed by atoms with E-state index in [4.69, 9.17) is 0 Å². The molecular formula is C8H14FNO3. The van der Waals surface area contributed by atoms with Gasteiger partial charge in [0, 0.05) is 13.1 Å². The molecule has 0 fully saturated rings. The molecule has 0 aliphatic carbocycles. The smallest absolute Gasteiger partial charge is 0.307 e. The van der Waals surface area contributed by atoms with Crippen LogP contribution in [0.15, 0.2) is 0 Å². The topological polar surface area (TPSA) is 46.6 Å². The van der Waals surface area contributed by atoms with Crippen LogP contribution in [-0.4, -0.2) is 43.7 Å². The predicted octanol–water partition coefficient (Wildman–Crippen LogP) is 0.367. The lowest BCUT2D eigenvalue weighted by Crippen LogP contribution is -2.34. The highest BCUT2D eigenvalue weighted by Gasteiger charge is 2.12. The predicted molar refractivity (Wildman–Crippen MR) is 44.9 cm³/mol. The second-order valence-electron chi connectivity index (χ2n) is 2.43. The summed E-state index contributed by atoms with van der Waals surface area (Å²) >= 11 is 0. The third-order valence-corrected chi connectivity index (χ3v) is 1.66. The minimum Gasteiger partial charge on any atom is -0.469 e. The fourth-order valence-electron chi connectivity index (χ4n) is 0.872. The van der Waals surface area contributed by atoms with Gasteiger partial charge in [-0.1, -0.05) is 0 Å². The largest absolute Gasteiger partial charge is 0.469 e. The van der Waals surface area contributed by atoms with Crippen LogP contribution in [0.4, 0.5) is 4.39 Å². The zero-order valence-corrected chi connectivity index (χ0v) is 7.88. The van der Waals surface area contributed by atoms with Gasteiger partial charge in [0.05, 0.1) is 13.5 Å². The van der Waals surface area contributed by atoms with Gasteiger partial charge in [-0.3, -0.25) is 9.59 Å². The number of methoxy groups -OCH3 is 1. The maximum atomic E-state index is 11.9. The molecule has 0 aromatic rings. The summed E-state index contributed by atoms with van der Waals surface area (Å²) < 4.78 is 16.3. The molecular weight excluding hydrogens is 177 g/mol. The van der Waals surface area contributed by atoms with Crippen LogP contribution < -0.4 is 0 Å². The first-order valence-electron chi connectivity index (χ1n) is 4.06. The maximum Gasteiger partial charge on any atom is 0.307 e. The van der Waals surface area contributed by atoms with Crippen molar-refractivity contribution >= 4 is 11.9 Å². The summed E-state index contributed by atoms with van der Waals surface area (Å²) in [4.78, 5) is 22.8. The van der Waals surface area contributed by atoms with Gasteiger partial charge in [0.15, 0.2) is 6.67 Å². The Hall–Kier alpha value is -1.13. The number of esters is 1. The van der Waals surface area contributed by atoms with Gasteiger partial charge in [-0.05, 0) is 6.92 Å². The fourth-order valence-corrected chi connectivity index (χ4v) is 0.872. The summed E-state index contributed by atoms with van der Waals surface area (Å²) in [5, 5.41) is 0. The van der Waals surface area contributed by atoms with Gasteiger partial charge >= 0.3 is 5.97 Å². The van der Waals surface area contributed by atoms with Gasteiger partial charge in [0.2, 0.25) is 0 Å². The van der Waals surface area contributed by atoms with Gasteiger partial charge in [0.1, 0.15) is 0 Å². The number of halogens is 1. The first kappa shape index (κ1) is 11.9. The fraction of sp³-hybridized carbons (Fsp3) is 0.750. The molecule has 0 N–H and O–H groups in total. The monoisotopic (exact) mass is 191 g/mol. The SMILES string of the molecule is CCN(CCC(=O)OC)C(=O)CF. The highest BCUT2D eigenvalue weighted by molar-refractivity contribution is 5.78. The van der Waals surface area contributed by atoms with Crippen LogP contribution in [-0.2, 0) is 14.3 Å². The second-order valence-corrected chi connectivity index (χ2v) is 2.43. The standard InChI is InChI=1S/C8H14FNO3/c1-3-10(7(11)6-9)5-4-8(12)13-2/h3-6H2,1-2H3. The number of carbonyl (C=O) groups is 2. The molecule has 0 radical (unpaired) electrons. The van der Waals surface area contributed by atoms with Crippen molar-refractivity contribution in [1.29, 1.82) is 0 Å². The molecule has 76 valence electrons. The Bertz CT molecular complexity index is 184. The van der Waals surface area contributed by atoms with E-state index in [1.165, 1.54) is 12.0 Å². The van der Waals surface area contributed by atoms with Crippen molar-refractivity contribution in [3.63, 3.8) is 0 Å². The summed E-state index contributed by atoms with van der Waals surface area (Å²) in [5.74, 6) is -0.989. The molecule has 13 heavy (non-hydrogen) atoms. The summed E-state index contributed by atoms with van der Waals surface area (Å²) in [7, 11) is 1.27. The van der Waals surface area contributed by atoms with E-state index in [1.807, 2.05) is 0 Å². The highest BCUT2D eigenvalue weighted by Crippen LogP contribution is 1.94. The first-order chi connectivity index (χ1) is 6.15. The van der Waals surface area contributed by atoms with Gasteiger partial charge < -0.3 is 9.64 Å². The molecule has 0 rings (SSSR count). The molecule has 4 nitrogen and oxygen atoms in total. The molecule has 0 spiro atoms. The summed E-state index contributed by atoms with van der Waals surface area (Å²) in [6.07, 6.45) is 0.107. The lowest BCUT2D eigenvalue weighted by Gasteiger charge is -2.18. The molecule has 0 aromatic heterocycles. The Balaban J connectivity index is 3.85. The van der Waals surface area contributed by atoms with Crippen molar-refractivity contribution < 1.29 is 18.7 Å². The zero-order chi connectivity index (χ0) is 10.3. The van der Waals surface area contributed by atoms with Crippen molar-refractivity contribution in [2.75, 3.05) is 26.9 Å². The minimum atomic E-state index is -1.02. The van der Waals surface area contributed by atoms with E-state index in [0.717, 1.165) is 0 Å². The zero-order valence-electron chi connectivity index (χ0n) is 7.88. The third kappa shape index (κ3) is 4.45.